The van der Waals surface area contributed by atoms with Crippen LogP contribution in [-0.2, 0) is 0 Å². The number of carbonyl (C=O) groups is 1. The van der Waals surface area contributed by atoms with Gasteiger partial charge in [-0.1, -0.05) is 11.6 Å². The van der Waals surface area contributed by atoms with E-state index in [9.17, 15) is 14.3 Å². The summed E-state index contributed by atoms with van der Waals surface area (Å²) in [5.41, 5.74) is 0.492. The minimum Gasteiger partial charge on any atom is -0.478 e. The first-order chi connectivity index (χ1) is 11.5. The van der Waals surface area contributed by atoms with Crippen molar-refractivity contribution in [2.45, 2.75) is 0 Å². The molecule has 1 aliphatic heterocycles. The van der Waals surface area contributed by atoms with Gasteiger partial charge in [0.15, 0.2) is 0 Å². The molecule has 2 aromatic rings. The molecule has 1 aromatic heterocycles. The smallest absolute Gasteiger partial charge is 0.339 e. The lowest BCUT2D eigenvalue weighted by Crippen LogP contribution is -2.45. The van der Waals surface area contributed by atoms with Crippen LogP contribution in [0.2, 0.25) is 5.02 Å². The Kier molecular flexibility index (Phi) is 4.64. The van der Waals surface area contributed by atoms with Crippen LogP contribution in [0.1, 0.15) is 10.4 Å². The van der Waals surface area contributed by atoms with E-state index in [1.807, 2.05) is 11.9 Å². The predicted octanol–water partition coefficient (Wildman–Crippen LogP) is 2.39. The summed E-state index contributed by atoms with van der Waals surface area (Å²) in [6, 6.07) is 3.80. The zero-order valence-electron chi connectivity index (χ0n) is 13.0. The molecule has 6 nitrogen and oxygen atoms in total. The van der Waals surface area contributed by atoms with Crippen molar-refractivity contribution >= 4 is 23.5 Å². The van der Waals surface area contributed by atoms with E-state index in [-0.39, 0.29) is 16.3 Å². The van der Waals surface area contributed by atoms with E-state index in [2.05, 4.69) is 14.9 Å². The molecule has 1 aliphatic rings. The van der Waals surface area contributed by atoms with Crippen LogP contribution < -0.4 is 4.90 Å². The van der Waals surface area contributed by atoms with E-state index in [1.165, 1.54) is 18.3 Å². The summed E-state index contributed by atoms with van der Waals surface area (Å²) in [6.07, 6.45) is 1.28. The van der Waals surface area contributed by atoms with E-state index >= 15 is 0 Å². The summed E-state index contributed by atoms with van der Waals surface area (Å²) >= 11 is 6.08. The first-order valence-corrected chi connectivity index (χ1v) is 7.83. The summed E-state index contributed by atoms with van der Waals surface area (Å²) in [5, 5.41) is 9.50. The number of aromatic carboxylic acids is 1. The molecule has 2 heterocycles. The minimum atomic E-state index is -1.16. The van der Waals surface area contributed by atoms with E-state index in [4.69, 9.17) is 11.6 Å². The van der Waals surface area contributed by atoms with Gasteiger partial charge in [0.05, 0.1) is 10.7 Å². The Balaban J connectivity index is 2.05. The van der Waals surface area contributed by atoms with E-state index in [1.54, 1.807) is 0 Å². The van der Waals surface area contributed by atoms with Crippen molar-refractivity contribution in [1.29, 1.82) is 0 Å². The number of halogens is 2. The average Bonchev–Trinajstić information content (AvgIpc) is 2.55. The number of aromatic nitrogens is 2. The van der Waals surface area contributed by atoms with Crippen LogP contribution in [0.5, 0.6) is 0 Å². The Morgan fingerprint density at radius 2 is 2.00 bits per heavy atom. The maximum Gasteiger partial charge on any atom is 0.339 e. The topological polar surface area (TPSA) is 69.6 Å². The van der Waals surface area contributed by atoms with E-state index in [0.29, 0.717) is 11.5 Å². The molecule has 126 valence electrons. The fourth-order valence-electron chi connectivity index (χ4n) is 2.57. The van der Waals surface area contributed by atoms with Crippen LogP contribution in [0.25, 0.3) is 11.3 Å². The number of carboxylic acid groups (broad SMARTS) is 1. The second-order valence-corrected chi connectivity index (χ2v) is 6.06. The predicted molar refractivity (Wildman–Crippen MR) is 89.1 cm³/mol. The van der Waals surface area contributed by atoms with Crippen LogP contribution >= 0.6 is 11.6 Å². The molecule has 0 unspecified atom stereocenters. The molecule has 1 fully saturated rings. The fourth-order valence-corrected chi connectivity index (χ4v) is 2.83. The minimum absolute atomic E-state index is 0.0682. The van der Waals surface area contributed by atoms with Crippen LogP contribution in [0, 0.1) is 5.82 Å². The molecule has 1 saturated heterocycles. The number of nitrogens with zero attached hydrogens (tertiary/aromatic N) is 4. The fraction of sp³-hybridized carbons (Fsp3) is 0.312. The third-order valence-corrected chi connectivity index (χ3v) is 4.29. The van der Waals surface area contributed by atoms with Crippen molar-refractivity contribution in [2.24, 2.45) is 0 Å². The van der Waals surface area contributed by atoms with Gasteiger partial charge in [0.25, 0.3) is 0 Å². The Bertz CT molecular complexity index is 779. The van der Waals surface area contributed by atoms with Crippen molar-refractivity contribution in [1.82, 2.24) is 14.9 Å². The lowest BCUT2D eigenvalue weighted by atomic mass is 10.1. The Labute approximate surface area is 143 Å². The largest absolute Gasteiger partial charge is 0.478 e. The monoisotopic (exact) mass is 350 g/mol. The number of benzene rings is 1. The third kappa shape index (κ3) is 3.32. The molecular weight excluding hydrogens is 335 g/mol. The van der Waals surface area contributed by atoms with E-state index in [0.717, 1.165) is 32.2 Å². The molecule has 1 N–H and O–H groups in total. The number of rotatable bonds is 3. The second kappa shape index (κ2) is 6.70. The SMILES string of the molecule is CN1CCN(c2ncc(C(=O)O)c(-c3ccc(F)cc3Cl)n2)CC1. The zero-order chi connectivity index (χ0) is 17.3. The van der Waals surface area contributed by atoms with Crippen LogP contribution in [0.15, 0.2) is 24.4 Å². The van der Waals surface area contributed by atoms with Crippen molar-refractivity contribution in [3.63, 3.8) is 0 Å². The van der Waals surface area contributed by atoms with Crippen molar-refractivity contribution in [3.8, 4) is 11.3 Å². The average molecular weight is 351 g/mol. The Morgan fingerprint density at radius 1 is 1.29 bits per heavy atom. The quantitative estimate of drug-likeness (QED) is 0.916. The van der Waals surface area contributed by atoms with Crippen LogP contribution in [0.4, 0.5) is 10.3 Å². The van der Waals surface area contributed by atoms with Gasteiger partial charge in [0.1, 0.15) is 11.4 Å². The highest BCUT2D eigenvalue weighted by atomic mass is 35.5. The number of piperazine rings is 1. The zero-order valence-corrected chi connectivity index (χ0v) is 13.8. The van der Waals surface area contributed by atoms with Crippen molar-refractivity contribution < 1.29 is 14.3 Å². The highest BCUT2D eigenvalue weighted by Crippen LogP contribution is 2.30. The van der Waals surface area contributed by atoms with Gasteiger partial charge in [-0.3, -0.25) is 0 Å². The number of hydrogen-bond acceptors (Lipinski definition) is 5. The van der Waals surface area contributed by atoms with Gasteiger partial charge in [-0.15, -0.1) is 0 Å². The summed E-state index contributed by atoms with van der Waals surface area (Å²) in [6.45, 7) is 3.24. The third-order valence-electron chi connectivity index (χ3n) is 3.98. The summed E-state index contributed by atoms with van der Waals surface area (Å²) in [7, 11) is 2.04. The van der Waals surface area contributed by atoms with Gasteiger partial charge < -0.3 is 14.9 Å². The Morgan fingerprint density at radius 3 is 2.62 bits per heavy atom. The van der Waals surface area contributed by atoms with Crippen LogP contribution in [0.3, 0.4) is 0 Å². The van der Waals surface area contributed by atoms with Gasteiger partial charge in [-0.25, -0.2) is 19.2 Å². The lowest BCUT2D eigenvalue weighted by molar-refractivity contribution is 0.0697. The molecule has 0 spiro atoms. The second-order valence-electron chi connectivity index (χ2n) is 5.65. The highest BCUT2D eigenvalue weighted by Gasteiger charge is 2.22. The van der Waals surface area contributed by atoms with Gasteiger partial charge in [-0.2, -0.15) is 0 Å². The number of carboxylic acids is 1. The standard InChI is InChI=1S/C16H16ClFN4O2/c1-21-4-6-22(7-5-21)16-19-9-12(15(23)24)14(20-16)11-3-2-10(18)8-13(11)17/h2-3,8-9H,4-7H2,1H3,(H,23,24). The molecule has 0 saturated carbocycles. The maximum absolute atomic E-state index is 13.3. The molecule has 0 atom stereocenters. The van der Waals surface area contributed by atoms with E-state index < -0.39 is 11.8 Å². The van der Waals surface area contributed by atoms with Gasteiger partial charge >= 0.3 is 5.97 Å². The van der Waals surface area contributed by atoms with Gasteiger partial charge in [0, 0.05) is 37.9 Å². The number of likely N-dealkylation sites (N-methyl/N-ethyl adjacent to an activating group) is 1. The molecule has 0 radical (unpaired) electrons. The van der Waals surface area contributed by atoms with Crippen LogP contribution in [-0.4, -0.2) is 59.2 Å². The van der Waals surface area contributed by atoms with Crippen molar-refractivity contribution in [2.75, 3.05) is 38.1 Å². The molecule has 0 bridgehead atoms. The molecule has 8 heteroatoms. The first kappa shape index (κ1) is 16.6. The summed E-state index contributed by atoms with van der Waals surface area (Å²) in [5.74, 6) is -1.20. The highest BCUT2D eigenvalue weighted by molar-refractivity contribution is 6.33. The van der Waals surface area contributed by atoms with Crippen molar-refractivity contribution in [3.05, 3.63) is 40.8 Å². The number of anilines is 1. The molecular formula is C16H16ClFN4O2. The van der Waals surface area contributed by atoms with Gasteiger partial charge in [-0.05, 0) is 25.2 Å². The lowest BCUT2D eigenvalue weighted by Gasteiger charge is -2.32. The molecule has 1 aromatic carbocycles. The molecule has 3 rings (SSSR count). The summed E-state index contributed by atoms with van der Waals surface area (Å²) in [4.78, 5) is 24.3. The maximum atomic E-state index is 13.3. The van der Waals surface area contributed by atoms with Gasteiger partial charge in [0.2, 0.25) is 5.95 Å². The molecule has 0 amide bonds. The molecule has 0 aliphatic carbocycles. The molecule has 24 heavy (non-hydrogen) atoms. The normalized spacial score (nSPS) is 15.5. The Hall–Kier alpha value is -2.25. The summed E-state index contributed by atoms with van der Waals surface area (Å²) < 4.78 is 13.3. The first-order valence-electron chi connectivity index (χ1n) is 7.45. The number of hydrogen-bond donors (Lipinski definition) is 1.